The van der Waals surface area contributed by atoms with E-state index in [4.69, 9.17) is 0 Å². The van der Waals surface area contributed by atoms with Crippen molar-refractivity contribution in [3.05, 3.63) is 23.2 Å². The summed E-state index contributed by atoms with van der Waals surface area (Å²) < 4.78 is 3.05. The zero-order chi connectivity index (χ0) is 14.7. The molecule has 0 aliphatic carbocycles. The summed E-state index contributed by atoms with van der Waals surface area (Å²) >= 11 is 1.61. The normalized spacial score (nSPS) is 11.0. The SMILES string of the molecule is CCn1c(C(=O)NCC(=O)NC(C)C)cc2sccc21. The number of thiophene rings is 1. The lowest BCUT2D eigenvalue weighted by molar-refractivity contribution is -0.120. The molecule has 2 rings (SSSR count). The van der Waals surface area contributed by atoms with E-state index in [-0.39, 0.29) is 24.4 Å². The van der Waals surface area contributed by atoms with Crippen LogP contribution in [0.3, 0.4) is 0 Å². The molecule has 2 N–H and O–H groups in total. The molecule has 0 saturated heterocycles. The molecule has 0 spiro atoms. The van der Waals surface area contributed by atoms with Gasteiger partial charge in [0.2, 0.25) is 5.91 Å². The highest BCUT2D eigenvalue weighted by molar-refractivity contribution is 7.17. The Kier molecular flexibility index (Phi) is 4.44. The van der Waals surface area contributed by atoms with Gasteiger partial charge in [-0.3, -0.25) is 9.59 Å². The summed E-state index contributed by atoms with van der Waals surface area (Å²) in [6.07, 6.45) is 0. The number of aryl methyl sites for hydroxylation is 1. The molecule has 2 heterocycles. The first-order valence-corrected chi connectivity index (χ1v) is 7.55. The third-order valence-corrected chi connectivity index (χ3v) is 3.78. The first-order valence-electron chi connectivity index (χ1n) is 6.67. The smallest absolute Gasteiger partial charge is 0.268 e. The highest BCUT2D eigenvalue weighted by Gasteiger charge is 2.16. The molecule has 6 heteroatoms. The molecule has 108 valence electrons. The summed E-state index contributed by atoms with van der Waals surface area (Å²) in [5, 5.41) is 7.41. The largest absolute Gasteiger partial charge is 0.352 e. The van der Waals surface area contributed by atoms with Crippen LogP contribution in [0.15, 0.2) is 17.5 Å². The summed E-state index contributed by atoms with van der Waals surface area (Å²) in [6.45, 7) is 6.49. The van der Waals surface area contributed by atoms with Gasteiger partial charge in [0.25, 0.3) is 5.91 Å². The van der Waals surface area contributed by atoms with E-state index in [9.17, 15) is 9.59 Å². The Morgan fingerprint density at radius 3 is 2.80 bits per heavy atom. The molecule has 0 unspecified atom stereocenters. The van der Waals surface area contributed by atoms with Gasteiger partial charge in [0.15, 0.2) is 0 Å². The van der Waals surface area contributed by atoms with E-state index in [0.29, 0.717) is 5.69 Å². The van der Waals surface area contributed by atoms with Crippen LogP contribution in [0, 0.1) is 0 Å². The van der Waals surface area contributed by atoms with Crippen molar-refractivity contribution in [2.24, 2.45) is 0 Å². The van der Waals surface area contributed by atoms with Crippen LogP contribution in [0.5, 0.6) is 0 Å². The van der Waals surface area contributed by atoms with Gasteiger partial charge in [-0.1, -0.05) is 0 Å². The number of rotatable bonds is 5. The van der Waals surface area contributed by atoms with E-state index < -0.39 is 0 Å². The maximum atomic E-state index is 12.2. The molecule has 5 nitrogen and oxygen atoms in total. The molecule has 0 radical (unpaired) electrons. The Bertz CT molecular complexity index is 627. The van der Waals surface area contributed by atoms with Crippen LogP contribution in [0.4, 0.5) is 0 Å². The van der Waals surface area contributed by atoms with Crippen LogP contribution in [0.1, 0.15) is 31.3 Å². The molecule has 0 bridgehead atoms. The number of nitrogens with zero attached hydrogens (tertiary/aromatic N) is 1. The maximum absolute atomic E-state index is 12.2. The Morgan fingerprint density at radius 1 is 1.40 bits per heavy atom. The molecule has 2 aromatic rings. The van der Waals surface area contributed by atoms with Gasteiger partial charge in [0.1, 0.15) is 5.69 Å². The standard InChI is InChI=1S/C14H19N3O2S/c1-4-17-10-5-6-20-12(10)7-11(17)14(19)15-8-13(18)16-9(2)3/h5-7,9H,4,8H2,1-3H3,(H,15,19)(H,16,18). The number of aromatic nitrogens is 1. The van der Waals surface area contributed by atoms with Crippen LogP contribution in [-0.4, -0.2) is 29.0 Å². The molecular weight excluding hydrogens is 274 g/mol. The van der Waals surface area contributed by atoms with Crippen molar-refractivity contribution in [1.82, 2.24) is 15.2 Å². The highest BCUT2D eigenvalue weighted by atomic mass is 32.1. The molecule has 0 saturated carbocycles. The summed E-state index contributed by atoms with van der Waals surface area (Å²) in [5.74, 6) is -0.390. The lowest BCUT2D eigenvalue weighted by Gasteiger charge is -2.10. The summed E-state index contributed by atoms with van der Waals surface area (Å²) in [6, 6.07) is 3.95. The molecule has 2 aromatic heterocycles. The molecular formula is C14H19N3O2S. The fraction of sp³-hybridized carbons (Fsp3) is 0.429. The second-order valence-corrected chi connectivity index (χ2v) is 5.80. The predicted octanol–water partition coefficient (Wildman–Crippen LogP) is 1.98. The van der Waals surface area contributed by atoms with Crippen LogP contribution in [0.25, 0.3) is 10.2 Å². The molecule has 2 amide bonds. The second kappa shape index (κ2) is 6.09. The Labute approximate surface area is 122 Å². The van der Waals surface area contributed by atoms with Gasteiger partial charge in [-0.25, -0.2) is 0 Å². The lowest BCUT2D eigenvalue weighted by Crippen LogP contribution is -2.40. The lowest BCUT2D eigenvalue weighted by atomic mass is 10.3. The number of hydrogen-bond acceptors (Lipinski definition) is 3. The Morgan fingerprint density at radius 2 is 2.15 bits per heavy atom. The van der Waals surface area contributed by atoms with Gasteiger partial charge < -0.3 is 15.2 Å². The van der Waals surface area contributed by atoms with E-state index in [1.807, 2.05) is 42.9 Å². The van der Waals surface area contributed by atoms with Crippen molar-refractivity contribution in [3.63, 3.8) is 0 Å². The minimum Gasteiger partial charge on any atom is -0.352 e. The molecule has 0 fully saturated rings. The van der Waals surface area contributed by atoms with E-state index in [0.717, 1.165) is 16.8 Å². The van der Waals surface area contributed by atoms with Crippen molar-refractivity contribution >= 4 is 33.4 Å². The number of hydrogen-bond donors (Lipinski definition) is 2. The zero-order valence-corrected chi connectivity index (χ0v) is 12.7. The van der Waals surface area contributed by atoms with Gasteiger partial charge in [0, 0.05) is 12.6 Å². The quantitative estimate of drug-likeness (QED) is 0.885. The van der Waals surface area contributed by atoms with Crippen molar-refractivity contribution < 1.29 is 9.59 Å². The average Bonchev–Trinajstić information content (AvgIpc) is 2.94. The van der Waals surface area contributed by atoms with E-state index >= 15 is 0 Å². The van der Waals surface area contributed by atoms with E-state index in [2.05, 4.69) is 10.6 Å². The average molecular weight is 293 g/mol. The second-order valence-electron chi connectivity index (χ2n) is 4.85. The molecule has 0 aliphatic rings. The fourth-order valence-corrected chi connectivity index (χ4v) is 2.95. The first-order chi connectivity index (χ1) is 9.52. The number of nitrogens with one attached hydrogen (secondary N) is 2. The van der Waals surface area contributed by atoms with Gasteiger partial charge in [0.05, 0.1) is 16.8 Å². The Hall–Kier alpha value is -1.82. The van der Waals surface area contributed by atoms with Crippen molar-refractivity contribution in [2.45, 2.75) is 33.4 Å². The molecule has 20 heavy (non-hydrogen) atoms. The number of amides is 2. The summed E-state index contributed by atoms with van der Waals surface area (Å²) in [5.41, 5.74) is 1.67. The summed E-state index contributed by atoms with van der Waals surface area (Å²) in [7, 11) is 0. The minimum atomic E-state index is -0.214. The number of carbonyl (C=O) groups is 2. The van der Waals surface area contributed by atoms with Crippen LogP contribution >= 0.6 is 11.3 Å². The monoisotopic (exact) mass is 293 g/mol. The van der Waals surface area contributed by atoms with E-state index in [1.165, 1.54) is 0 Å². The minimum absolute atomic E-state index is 0.000440. The van der Waals surface area contributed by atoms with E-state index in [1.54, 1.807) is 11.3 Å². The van der Waals surface area contributed by atoms with Crippen LogP contribution in [0.2, 0.25) is 0 Å². The summed E-state index contributed by atoms with van der Waals surface area (Å²) in [4.78, 5) is 23.7. The van der Waals surface area contributed by atoms with Crippen molar-refractivity contribution in [3.8, 4) is 0 Å². The maximum Gasteiger partial charge on any atom is 0.268 e. The molecule has 0 atom stereocenters. The number of fused-ring (bicyclic) bond motifs is 1. The molecule has 0 aliphatic heterocycles. The first kappa shape index (κ1) is 14.6. The predicted molar refractivity (Wildman–Crippen MR) is 81.1 cm³/mol. The van der Waals surface area contributed by atoms with Gasteiger partial charge >= 0.3 is 0 Å². The fourth-order valence-electron chi connectivity index (χ4n) is 2.13. The Balaban J connectivity index is 2.07. The van der Waals surface area contributed by atoms with Crippen LogP contribution in [-0.2, 0) is 11.3 Å². The third kappa shape index (κ3) is 3.01. The third-order valence-electron chi connectivity index (χ3n) is 2.93. The molecule has 0 aromatic carbocycles. The van der Waals surface area contributed by atoms with Crippen LogP contribution < -0.4 is 10.6 Å². The zero-order valence-electron chi connectivity index (χ0n) is 11.9. The highest BCUT2D eigenvalue weighted by Crippen LogP contribution is 2.25. The number of carbonyl (C=O) groups excluding carboxylic acids is 2. The topological polar surface area (TPSA) is 63.1 Å². The van der Waals surface area contributed by atoms with Crippen molar-refractivity contribution in [1.29, 1.82) is 0 Å². The van der Waals surface area contributed by atoms with Crippen molar-refractivity contribution in [2.75, 3.05) is 6.54 Å². The van der Waals surface area contributed by atoms with Gasteiger partial charge in [-0.05, 0) is 38.3 Å². The van der Waals surface area contributed by atoms with Gasteiger partial charge in [-0.15, -0.1) is 11.3 Å². The van der Waals surface area contributed by atoms with Gasteiger partial charge in [-0.2, -0.15) is 0 Å².